The molecule has 1 amide bonds. The number of rotatable bonds is 3. The minimum absolute atomic E-state index is 0.384. The van der Waals surface area contributed by atoms with Crippen molar-refractivity contribution in [3.8, 4) is 0 Å². The molecule has 1 atom stereocenters. The molecule has 6 nitrogen and oxygen atoms in total. The second-order valence-corrected chi connectivity index (χ2v) is 3.28. The fourth-order valence-corrected chi connectivity index (χ4v) is 1.27. The van der Waals surface area contributed by atoms with Crippen LogP contribution >= 0.6 is 0 Å². The number of nitrogens with zero attached hydrogens (tertiary/aromatic N) is 2. The summed E-state index contributed by atoms with van der Waals surface area (Å²) in [7, 11) is 1.71. The van der Waals surface area contributed by atoms with Crippen molar-refractivity contribution in [2.24, 2.45) is 7.05 Å². The first kappa shape index (κ1) is 11.2. The first-order valence-electron chi connectivity index (χ1n) is 4.42. The van der Waals surface area contributed by atoms with E-state index < -0.39 is 12.0 Å². The number of aryl methyl sites for hydroxylation is 1. The molecule has 0 aliphatic carbocycles. The monoisotopic (exact) mass is 211 g/mol. The molecule has 0 spiro atoms. The van der Waals surface area contributed by atoms with Crippen LogP contribution in [-0.2, 0) is 16.6 Å². The van der Waals surface area contributed by atoms with Gasteiger partial charge in [-0.15, -0.1) is 0 Å². The van der Waals surface area contributed by atoms with Gasteiger partial charge in [-0.25, -0.2) is 4.79 Å². The third-order valence-corrected chi connectivity index (χ3v) is 2.18. The van der Waals surface area contributed by atoms with Crippen molar-refractivity contribution < 1.29 is 14.7 Å². The highest BCUT2D eigenvalue weighted by Crippen LogP contribution is 2.16. The Labute approximate surface area is 86.9 Å². The van der Waals surface area contributed by atoms with Crippen LogP contribution in [0.1, 0.15) is 24.2 Å². The molecule has 0 saturated carbocycles. The Morgan fingerprint density at radius 1 is 1.60 bits per heavy atom. The molecule has 1 rings (SSSR count). The summed E-state index contributed by atoms with van der Waals surface area (Å²) >= 11 is 0. The maximum atomic E-state index is 10.9. The summed E-state index contributed by atoms with van der Waals surface area (Å²) < 4.78 is 1.56. The number of carbonyl (C=O) groups is 2. The van der Waals surface area contributed by atoms with Gasteiger partial charge in [0.25, 0.3) is 0 Å². The third-order valence-electron chi connectivity index (χ3n) is 2.18. The van der Waals surface area contributed by atoms with Crippen LogP contribution in [0.5, 0.6) is 0 Å². The van der Waals surface area contributed by atoms with Gasteiger partial charge in [-0.2, -0.15) is 5.10 Å². The largest absolute Gasteiger partial charge is 0.479 e. The number of hydrogen-bond donors (Lipinski definition) is 2. The second kappa shape index (κ2) is 4.12. The lowest BCUT2D eigenvalue weighted by molar-refractivity contribution is -0.141. The molecular formula is C9H13N3O3. The maximum Gasteiger partial charge on any atom is 0.331 e. The quantitative estimate of drug-likeness (QED) is 0.736. The van der Waals surface area contributed by atoms with Gasteiger partial charge in [-0.3, -0.25) is 9.48 Å². The summed E-state index contributed by atoms with van der Waals surface area (Å²) in [5, 5.41) is 15.2. The van der Waals surface area contributed by atoms with Crippen molar-refractivity contribution in [1.29, 1.82) is 0 Å². The molecule has 0 fully saturated rings. The van der Waals surface area contributed by atoms with E-state index in [2.05, 4.69) is 10.4 Å². The molecule has 15 heavy (non-hydrogen) atoms. The summed E-state index contributed by atoms with van der Waals surface area (Å²) in [5.74, 6) is -1.48. The molecule has 1 heterocycles. The van der Waals surface area contributed by atoms with Gasteiger partial charge in [0, 0.05) is 25.2 Å². The number of amides is 1. The molecule has 82 valence electrons. The topological polar surface area (TPSA) is 84.2 Å². The highest BCUT2D eigenvalue weighted by Gasteiger charge is 2.24. The van der Waals surface area contributed by atoms with E-state index in [1.807, 2.05) is 0 Å². The Morgan fingerprint density at radius 3 is 2.53 bits per heavy atom. The summed E-state index contributed by atoms with van der Waals surface area (Å²) in [6, 6.07) is -1.03. The van der Waals surface area contributed by atoms with Crippen molar-refractivity contribution in [1.82, 2.24) is 15.1 Å². The summed E-state index contributed by atoms with van der Waals surface area (Å²) in [5.41, 5.74) is 1.22. The molecule has 1 unspecified atom stereocenters. The van der Waals surface area contributed by atoms with Crippen LogP contribution in [0.25, 0.3) is 0 Å². The maximum absolute atomic E-state index is 10.9. The minimum atomic E-state index is -1.10. The SMILES string of the molecule is CC(=O)NC(C(=O)O)c1cnn(C)c1C. The Bertz CT molecular complexity index is 397. The van der Waals surface area contributed by atoms with Crippen molar-refractivity contribution in [2.45, 2.75) is 19.9 Å². The van der Waals surface area contributed by atoms with E-state index in [0.717, 1.165) is 5.69 Å². The van der Waals surface area contributed by atoms with Gasteiger partial charge >= 0.3 is 5.97 Å². The molecule has 6 heteroatoms. The standard InChI is InChI=1S/C9H13N3O3/c1-5-7(4-10-12(5)3)8(9(14)15)11-6(2)13/h4,8H,1-3H3,(H,11,13)(H,14,15). The molecule has 1 aromatic heterocycles. The summed E-state index contributed by atoms with van der Waals surface area (Å²) in [6.07, 6.45) is 1.45. The van der Waals surface area contributed by atoms with Gasteiger partial charge < -0.3 is 10.4 Å². The van der Waals surface area contributed by atoms with E-state index in [1.165, 1.54) is 13.1 Å². The first-order chi connectivity index (χ1) is 6.93. The fourth-order valence-electron chi connectivity index (χ4n) is 1.27. The third kappa shape index (κ3) is 2.34. The number of aromatic nitrogens is 2. The molecule has 0 aliphatic heterocycles. The van der Waals surface area contributed by atoms with Crippen LogP contribution < -0.4 is 5.32 Å². The molecule has 1 aromatic rings. The smallest absolute Gasteiger partial charge is 0.331 e. The highest BCUT2D eigenvalue weighted by atomic mass is 16.4. The zero-order valence-electron chi connectivity index (χ0n) is 8.81. The Morgan fingerprint density at radius 2 is 2.20 bits per heavy atom. The van der Waals surface area contributed by atoms with E-state index in [1.54, 1.807) is 18.7 Å². The Hall–Kier alpha value is -1.85. The van der Waals surface area contributed by atoms with Crippen molar-refractivity contribution in [3.63, 3.8) is 0 Å². The number of nitrogens with one attached hydrogen (secondary N) is 1. The predicted octanol–water partition coefficient (Wildman–Crippen LogP) is -0.00968. The first-order valence-corrected chi connectivity index (χ1v) is 4.42. The predicted molar refractivity (Wildman–Crippen MR) is 52.1 cm³/mol. The highest BCUT2D eigenvalue weighted by molar-refractivity contribution is 5.83. The molecule has 0 aromatic carbocycles. The lowest BCUT2D eigenvalue weighted by atomic mass is 10.1. The van der Waals surface area contributed by atoms with Crippen LogP contribution in [0.15, 0.2) is 6.20 Å². The fraction of sp³-hybridized carbons (Fsp3) is 0.444. The van der Waals surface area contributed by atoms with Crippen molar-refractivity contribution in [2.75, 3.05) is 0 Å². The lowest BCUT2D eigenvalue weighted by Crippen LogP contribution is -2.32. The number of carboxylic acids is 1. The zero-order chi connectivity index (χ0) is 11.6. The van der Waals surface area contributed by atoms with Gasteiger partial charge in [0.05, 0.1) is 6.20 Å². The van der Waals surface area contributed by atoms with Crippen LogP contribution in [0.4, 0.5) is 0 Å². The number of aliphatic carboxylic acids is 1. The van der Waals surface area contributed by atoms with Gasteiger partial charge in [-0.05, 0) is 6.92 Å². The van der Waals surface area contributed by atoms with Gasteiger partial charge in [0.1, 0.15) is 0 Å². The van der Waals surface area contributed by atoms with Gasteiger partial charge in [0.2, 0.25) is 5.91 Å². The number of hydrogen-bond acceptors (Lipinski definition) is 3. The van der Waals surface area contributed by atoms with Crippen LogP contribution in [0.2, 0.25) is 0 Å². The second-order valence-electron chi connectivity index (χ2n) is 3.28. The molecule has 0 aliphatic rings. The van der Waals surface area contributed by atoms with Crippen LogP contribution in [-0.4, -0.2) is 26.8 Å². The average Bonchev–Trinajstić information content (AvgIpc) is 2.44. The molecule has 0 radical (unpaired) electrons. The minimum Gasteiger partial charge on any atom is -0.479 e. The Kier molecular flexibility index (Phi) is 3.08. The van der Waals surface area contributed by atoms with E-state index in [4.69, 9.17) is 5.11 Å². The normalized spacial score (nSPS) is 12.2. The molecule has 2 N–H and O–H groups in total. The number of carbonyl (C=O) groups excluding carboxylic acids is 1. The molecule has 0 bridgehead atoms. The zero-order valence-corrected chi connectivity index (χ0v) is 8.81. The van der Waals surface area contributed by atoms with Crippen LogP contribution in [0.3, 0.4) is 0 Å². The number of carboxylic acid groups (broad SMARTS) is 1. The average molecular weight is 211 g/mol. The van der Waals surface area contributed by atoms with Crippen LogP contribution in [0, 0.1) is 6.92 Å². The van der Waals surface area contributed by atoms with Crippen molar-refractivity contribution in [3.05, 3.63) is 17.5 Å². The Balaban J connectivity index is 3.04. The van der Waals surface area contributed by atoms with E-state index >= 15 is 0 Å². The van der Waals surface area contributed by atoms with E-state index in [0.29, 0.717) is 5.56 Å². The van der Waals surface area contributed by atoms with E-state index in [-0.39, 0.29) is 5.91 Å². The van der Waals surface area contributed by atoms with E-state index in [9.17, 15) is 9.59 Å². The molecule has 0 saturated heterocycles. The summed E-state index contributed by atoms with van der Waals surface area (Å²) in [6.45, 7) is 3.03. The summed E-state index contributed by atoms with van der Waals surface area (Å²) in [4.78, 5) is 21.8. The lowest BCUT2D eigenvalue weighted by Gasteiger charge is -2.12. The molecular weight excluding hydrogens is 198 g/mol. The van der Waals surface area contributed by atoms with Crippen molar-refractivity contribution >= 4 is 11.9 Å². The van der Waals surface area contributed by atoms with Gasteiger partial charge in [-0.1, -0.05) is 0 Å². The van der Waals surface area contributed by atoms with Gasteiger partial charge in [0.15, 0.2) is 6.04 Å².